The normalized spacial score (nSPS) is 11.5. The fourth-order valence-corrected chi connectivity index (χ4v) is 1.77. The summed E-state index contributed by atoms with van der Waals surface area (Å²) in [6.45, 7) is 2.94. The second-order valence-electron chi connectivity index (χ2n) is 3.93. The minimum atomic E-state index is -3.62. The maximum Gasteiger partial charge on any atom is 0.237 e. The van der Waals surface area contributed by atoms with Crippen LogP contribution in [-0.2, 0) is 21.2 Å². The Balaban J connectivity index is 2.69. The highest BCUT2D eigenvalue weighted by Gasteiger charge is 2.18. The van der Waals surface area contributed by atoms with Crippen molar-refractivity contribution in [1.29, 1.82) is 0 Å². The van der Waals surface area contributed by atoms with Gasteiger partial charge < -0.3 is 0 Å². The molecule has 0 atom stereocenters. The first kappa shape index (κ1) is 13.6. The zero-order valence-corrected chi connectivity index (χ0v) is 10.4. The average Bonchev–Trinajstić information content (AvgIpc) is 2.15. The summed E-state index contributed by atoms with van der Waals surface area (Å²) in [5.41, 5.74) is 0.432. The SMILES string of the molecule is CC(C)S(=O)(=O)NC(=O)Cc1cccc(F)c1. The molecule has 4 nitrogen and oxygen atoms in total. The highest BCUT2D eigenvalue weighted by molar-refractivity contribution is 7.90. The minimum Gasteiger partial charge on any atom is -0.274 e. The van der Waals surface area contributed by atoms with Crippen LogP contribution in [0.25, 0.3) is 0 Å². The Bertz CT molecular complexity index is 511. The molecule has 0 aliphatic rings. The molecule has 0 radical (unpaired) electrons. The van der Waals surface area contributed by atoms with E-state index < -0.39 is 27.0 Å². The van der Waals surface area contributed by atoms with Crippen molar-refractivity contribution in [1.82, 2.24) is 4.72 Å². The van der Waals surface area contributed by atoms with Crippen LogP contribution in [0.5, 0.6) is 0 Å². The highest BCUT2D eigenvalue weighted by atomic mass is 32.2. The molecule has 94 valence electrons. The minimum absolute atomic E-state index is 0.163. The van der Waals surface area contributed by atoms with Crippen LogP contribution in [-0.4, -0.2) is 19.6 Å². The molecule has 1 amide bonds. The molecular formula is C11H14FNO3S. The summed E-state index contributed by atoms with van der Waals surface area (Å²) in [5, 5.41) is -0.682. The van der Waals surface area contributed by atoms with Gasteiger partial charge in [-0.1, -0.05) is 12.1 Å². The fourth-order valence-electron chi connectivity index (χ4n) is 1.14. The van der Waals surface area contributed by atoms with E-state index in [-0.39, 0.29) is 6.42 Å². The summed E-state index contributed by atoms with van der Waals surface area (Å²) in [6.07, 6.45) is -0.163. The number of carbonyl (C=O) groups excluding carboxylic acids is 1. The van der Waals surface area contributed by atoms with E-state index in [1.165, 1.54) is 32.0 Å². The van der Waals surface area contributed by atoms with Gasteiger partial charge in [0.15, 0.2) is 0 Å². The number of benzene rings is 1. The van der Waals surface area contributed by atoms with Crippen molar-refractivity contribution in [3.63, 3.8) is 0 Å². The Morgan fingerprint density at radius 3 is 2.59 bits per heavy atom. The van der Waals surface area contributed by atoms with Gasteiger partial charge in [-0.15, -0.1) is 0 Å². The Labute approximate surface area is 99.9 Å². The molecule has 0 heterocycles. The maximum absolute atomic E-state index is 12.8. The Morgan fingerprint density at radius 1 is 1.41 bits per heavy atom. The first-order chi connectivity index (χ1) is 7.81. The fraction of sp³-hybridized carbons (Fsp3) is 0.364. The largest absolute Gasteiger partial charge is 0.274 e. The van der Waals surface area contributed by atoms with Gasteiger partial charge in [0.1, 0.15) is 5.82 Å². The Kier molecular flexibility index (Phi) is 4.22. The van der Waals surface area contributed by atoms with Gasteiger partial charge in [0, 0.05) is 0 Å². The van der Waals surface area contributed by atoms with Crippen LogP contribution in [0.15, 0.2) is 24.3 Å². The van der Waals surface area contributed by atoms with Gasteiger partial charge in [-0.25, -0.2) is 12.8 Å². The van der Waals surface area contributed by atoms with Crippen molar-refractivity contribution in [3.05, 3.63) is 35.6 Å². The zero-order chi connectivity index (χ0) is 13.1. The molecule has 0 saturated carbocycles. The first-order valence-corrected chi connectivity index (χ1v) is 6.65. The van der Waals surface area contributed by atoms with E-state index in [9.17, 15) is 17.6 Å². The predicted molar refractivity (Wildman–Crippen MR) is 62.3 cm³/mol. The molecule has 0 fully saturated rings. The van der Waals surface area contributed by atoms with Crippen molar-refractivity contribution in [2.24, 2.45) is 0 Å². The monoisotopic (exact) mass is 259 g/mol. The van der Waals surface area contributed by atoms with Gasteiger partial charge in [-0.05, 0) is 31.5 Å². The molecule has 1 rings (SSSR count). The number of rotatable bonds is 4. The zero-order valence-electron chi connectivity index (χ0n) is 9.60. The van der Waals surface area contributed by atoms with E-state index in [2.05, 4.69) is 0 Å². The van der Waals surface area contributed by atoms with Gasteiger partial charge in [0.25, 0.3) is 0 Å². The lowest BCUT2D eigenvalue weighted by Crippen LogP contribution is -2.36. The number of amides is 1. The molecule has 0 unspecified atom stereocenters. The molecule has 0 aliphatic carbocycles. The van der Waals surface area contributed by atoms with Crippen molar-refractivity contribution in [2.45, 2.75) is 25.5 Å². The number of carbonyl (C=O) groups is 1. The Morgan fingerprint density at radius 2 is 2.06 bits per heavy atom. The molecule has 0 aliphatic heterocycles. The van der Waals surface area contributed by atoms with Gasteiger partial charge in [0.2, 0.25) is 15.9 Å². The number of sulfonamides is 1. The molecule has 0 bridgehead atoms. The van der Waals surface area contributed by atoms with E-state index in [1.807, 2.05) is 4.72 Å². The summed E-state index contributed by atoms with van der Waals surface area (Å²) in [6, 6.07) is 5.48. The number of hydrogen-bond donors (Lipinski definition) is 1. The van der Waals surface area contributed by atoms with Crippen LogP contribution in [0.2, 0.25) is 0 Å². The van der Waals surface area contributed by atoms with Crippen LogP contribution in [0.1, 0.15) is 19.4 Å². The molecule has 0 aromatic heterocycles. The lowest BCUT2D eigenvalue weighted by molar-refractivity contribution is -0.118. The first-order valence-electron chi connectivity index (χ1n) is 5.10. The van der Waals surface area contributed by atoms with Crippen molar-refractivity contribution in [2.75, 3.05) is 0 Å². The van der Waals surface area contributed by atoms with Gasteiger partial charge in [-0.3, -0.25) is 9.52 Å². The molecule has 1 aromatic rings. The van der Waals surface area contributed by atoms with Gasteiger partial charge in [0.05, 0.1) is 11.7 Å². The van der Waals surface area contributed by atoms with Gasteiger partial charge in [-0.2, -0.15) is 0 Å². The van der Waals surface area contributed by atoms with Crippen LogP contribution >= 0.6 is 0 Å². The van der Waals surface area contributed by atoms with E-state index >= 15 is 0 Å². The lowest BCUT2D eigenvalue weighted by Gasteiger charge is -2.09. The van der Waals surface area contributed by atoms with Gasteiger partial charge >= 0.3 is 0 Å². The summed E-state index contributed by atoms with van der Waals surface area (Å²) in [5.74, 6) is -1.12. The van der Waals surface area contributed by atoms with Crippen molar-refractivity contribution in [3.8, 4) is 0 Å². The highest BCUT2D eigenvalue weighted by Crippen LogP contribution is 2.05. The molecule has 0 spiro atoms. The third kappa shape index (κ3) is 4.14. The topological polar surface area (TPSA) is 63.2 Å². The standard InChI is InChI=1S/C11H14FNO3S/c1-8(2)17(15,16)13-11(14)7-9-4-3-5-10(12)6-9/h3-6,8H,7H2,1-2H3,(H,13,14). The molecular weight excluding hydrogens is 245 g/mol. The lowest BCUT2D eigenvalue weighted by atomic mass is 10.1. The number of halogens is 1. The molecule has 6 heteroatoms. The second kappa shape index (κ2) is 5.27. The number of nitrogens with one attached hydrogen (secondary N) is 1. The average molecular weight is 259 g/mol. The summed E-state index contributed by atoms with van der Waals surface area (Å²) >= 11 is 0. The number of hydrogen-bond acceptors (Lipinski definition) is 3. The van der Waals surface area contributed by atoms with E-state index in [1.54, 1.807) is 6.07 Å². The summed E-state index contributed by atoms with van der Waals surface area (Å²) < 4.78 is 37.6. The van der Waals surface area contributed by atoms with Crippen molar-refractivity contribution < 1.29 is 17.6 Å². The summed E-state index contributed by atoms with van der Waals surface area (Å²) in [7, 11) is -3.62. The van der Waals surface area contributed by atoms with E-state index in [4.69, 9.17) is 0 Å². The predicted octanol–water partition coefficient (Wildman–Crippen LogP) is 1.22. The van der Waals surface area contributed by atoms with E-state index in [0.29, 0.717) is 5.56 Å². The van der Waals surface area contributed by atoms with Crippen molar-refractivity contribution >= 4 is 15.9 Å². The molecule has 1 aromatic carbocycles. The maximum atomic E-state index is 12.8. The Hall–Kier alpha value is -1.43. The summed E-state index contributed by atoms with van der Waals surface area (Å²) in [4.78, 5) is 11.4. The quantitative estimate of drug-likeness (QED) is 0.884. The van der Waals surface area contributed by atoms with Crippen LogP contribution in [0.4, 0.5) is 4.39 Å². The molecule has 0 saturated heterocycles. The van der Waals surface area contributed by atoms with Crippen LogP contribution in [0.3, 0.4) is 0 Å². The van der Waals surface area contributed by atoms with Crippen LogP contribution < -0.4 is 4.72 Å². The van der Waals surface area contributed by atoms with Crippen LogP contribution in [0, 0.1) is 5.82 Å². The third-order valence-electron chi connectivity index (χ3n) is 2.13. The van der Waals surface area contributed by atoms with E-state index in [0.717, 1.165) is 0 Å². The second-order valence-corrected chi connectivity index (χ2v) is 6.16. The molecule has 1 N–H and O–H groups in total. The smallest absolute Gasteiger partial charge is 0.237 e. The molecule has 17 heavy (non-hydrogen) atoms. The third-order valence-corrected chi connectivity index (χ3v) is 3.88.